The summed E-state index contributed by atoms with van der Waals surface area (Å²) in [6.07, 6.45) is 0.706. The predicted octanol–water partition coefficient (Wildman–Crippen LogP) is 2.70. The second kappa shape index (κ2) is 4.92. The van der Waals surface area contributed by atoms with Gasteiger partial charge in [0.05, 0.1) is 17.0 Å². The Bertz CT molecular complexity index is 393. The van der Waals surface area contributed by atoms with E-state index in [1.807, 2.05) is 6.92 Å². The van der Waals surface area contributed by atoms with Crippen LogP contribution < -0.4 is 0 Å². The molecule has 1 aromatic rings. The van der Waals surface area contributed by atoms with Crippen LogP contribution in [-0.4, -0.2) is 11.1 Å². The van der Waals surface area contributed by atoms with Crippen molar-refractivity contribution in [1.82, 2.24) is 0 Å². The van der Waals surface area contributed by atoms with Crippen LogP contribution in [-0.2, 0) is 6.42 Å². The summed E-state index contributed by atoms with van der Waals surface area (Å²) in [6.45, 7) is 1.95. The molecule has 0 saturated carbocycles. The van der Waals surface area contributed by atoms with E-state index in [4.69, 9.17) is 5.26 Å². The lowest BCUT2D eigenvalue weighted by molar-refractivity contribution is 0.102. The van der Waals surface area contributed by atoms with Crippen molar-refractivity contribution in [3.63, 3.8) is 0 Å². The smallest absolute Gasteiger partial charge is 0.173 e. The first kappa shape index (κ1) is 10.9. The van der Waals surface area contributed by atoms with E-state index >= 15 is 0 Å². The zero-order valence-corrected chi connectivity index (χ0v) is 9.47. The summed E-state index contributed by atoms with van der Waals surface area (Å²) < 4.78 is 0. The molecular formula is C11H10BrNO. The molecule has 0 atom stereocenters. The van der Waals surface area contributed by atoms with Crippen LogP contribution in [0.4, 0.5) is 0 Å². The molecular weight excluding hydrogens is 242 g/mol. The standard InChI is InChI=1S/C11H10BrNO/c1-2-9-8(7-13)4-3-5-10(9)11(14)6-12/h3-5H,2,6H2,1H3. The third-order valence-corrected chi connectivity index (χ3v) is 2.58. The molecule has 0 unspecified atom stereocenters. The average molecular weight is 252 g/mol. The number of Topliss-reactive ketones (excluding diaryl/α,β-unsaturated/α-hetero) is 1. The fourth-order valence-electron chi connectivity index (χ4n) is 1.41. The Morgan fingerprint density at radius 2 is 2.29 bits per heavy atom. The fourth-order valence-corrected chi connectivity index (χ4v) is 1.71. The largest absolute Gasteiger partial charge is 0.293 e. The Labute approximate surface area is 91.7 Å². The molecule has 72 valence electrons. The summed E-state index contributed by atoms with van der Waals surface area (Å²) in [7, 11) is 0. The molecule has 1 rings (SSSR count). The van der Waals surface area contributed by atoms with E-state index < -0.39 is 0 Å². The summed E-state index contributed by atoms with van der Waals surface area (Å²) in [6, 6.07) is 7.35. The number of hydrogen-bond acceptors (Lipinski definition) is 2. The van der Waals surface area contributed by atoms with Crippen LogP contribution in [0.2, 0.25) is 0 Å². The predicted molar refractivity (Wildman–Crippen MR) is 58.7 cm³/mol. The number of nitriles is 1. The second-order valence-corrected chi connectivity index (χ2v) is 3.41. The van der Waals surface area contributed by atoms with Gasteiger partial charge in [-0.25, -0.2) is 0 Å². The first-order valence-corrected chi connectivity index (χ1v) is 5.47. The monoisotopic (exact) mass is 251 g/mol. The highest BCUT2D eigenvalue weighted by Gasteiger charge is 2.11. The highest BCUT2D eigenvalue weighted by molar-refractivity contribution is 9.09. The van der Waals surface area contributed by atoms with Gasteiger partial charge < -0.3 is 0 Å². The van der Waals surface area contributed by atoms with Gasteiger partial charge in [-0.05, 0) is 18.1 Å². The molecule has 0 aliphatic heterocycles. The van der Waals surface area contributed by atoms with Gasteiger partial charge >= 0.3 is 0 Å². The molecule has 0 spiro atoms. The summed E-state index contributed by atoms with van der Waals surface area (Å²) in [5.41, 5.74) is 2.10. The van der Waals surface area contributed by atoms with Gasteiger partial charge in [0.2, 0.25) is 0 Å². The van der Waals surface area contributed by atoms with E-state index in [0.717, 1.165) is 5.56 Å². The Morgan fingerprint density at radius 1 is 1.57 bits per heavy atom. The number of halogens is 1. The van der Waals surface area contributed by atoms with Crippen LogP contribution in [0.3, 0.4) is 0 Å². The van der Waals surface area contributed by atoms with Crippen LogP contribution in [0.15, 0.2) is 18.2 Å². The lowest BCUT2D eigenvalue weighted by Gasteiger charge is -2.06. The number of carbonyl (C=O) groups excluding carboxylic acids is 1. The average Bonchev–Trinajstić information content (AvgIpc) is 2.26. The maximum Gasteiger partial charge on any atom is 0.173 e. The minimum Gasteiger partial charge on any atom is -0.293 e. The van der Waals surface area contributed by atoms with Crippen molar-refractivity contribution in [3.05, 3.63) is 34.9 Å². The molecule has 0 N–H and O–H groups in total. The third-order valence-electron chi connectivity index (χ3n) is 2.07. The minimum absolute atomic E-state index is 0.0268. The van der Waals surface area contributed by atoms with Crippen LogP contribution in [0.1, 0.15) is 28.4 Å². The summed E-state index contributed by atoms with van der Waals surface area (Å²) >= 11 is 3.13. The molecule has 0 fully saturated rings. The molecule has 1 aromatic carbocycles. The molecule has 14 heavy (non-hydrogen) atoms. The van der Waals surface area contributed by atoms with Crippen molar-refractivity contribution in [2.45, 2.75) is 13.3 Å². The van der Waals surface area contributed by atoms with E-state index in [2.05, 4.69) is 22.0 Å². The number of rotatable bonds is 3. The summed E-state index contributed by atoms with van der Waals surface area (Å²) in [5.74, 6) is 0.0268. The quantitative estimate of drug-likeness (QED) is 0.613. The van der Waals surface area contributed by atoms with Crippen molar-refractivity contribution < 1.29 is 4.79 Å². The summed E-state index contributed by atoms with van der Waals surface area (Å²) in [5, 5.41) is 9.16. The van der Waals surface area contributed by atoms with Gasteiger partial charge in [0, 0.05) is 5.56 Å². The van der Waals surface area contributed by atoms with Gasteiger partial charge in [-0.3, -0.25) is 4.79 Å². The van der Waals surface area contributed by atoms with E-state index in [0.29, 0.717) is 22.9 Å². The zero-order chi connectivity index (χ0) is 10.6. The zero-order valence-electron chi connectivity index (χ0n) is 7.88. The number of hydrogen-bond donors (Lipinski definition) is 0. The topological polar surface area (TPSA) is 40.9 Å². The molecule has 0 radical (unpaired) electrons. The summed E-state index contributed by atoms with van der Waals surface area (Å²) in [4.78, 5) is 11.5. The Kier molecular flexibility index (Phi) is 3.84. The van der Waals surface area contributed by atoms with Gasteiger partial charge in [0.1, 0.15) is 0 Å². The van der Waals surface area contributed by atoms with Crippen LogP contribution >= 0.6 is 15.9 Å². The number of alkyl halides is 1. The van der Waals surface area contributed by atoms with Gasteiger partial charge in [-0.15, -0.1) is 0 Å². The molecule has 0 aliphatic carbocycles. The third kappa shape index (κ3) is 2.02. The molecule has 0 aromatic heterocycles. The molecule has 0 aliphatic rings. The van der Waals surface area contributed by atoms with Crippen LogP contribution in [0.25, 0.3) is 0 Å². The van der Waals surface area contributed by atoms with E-state index in [9.17, 15) is 4.79 Å². The van der Waals surface area contributed by atoms with Gasteiger partial charge in [-0.1, -0.05) is 35.0 Å². The maximum atomic E-state index is 11.5. The normalized spacial score (nSPS) is 9.50. The minimum atomic E-state index is 0.0268. The van der Waals surface area contributed by atoms with E-state index in [1.165, 1.54) is 0 Å². The molecule has 0 saturated heterocycles. The maximum absolute atomic E-state index is 11.5. The highest BCUT2D eigenvalue weighted by Crippen LogP contribution is 2.16. The molecule has 0 amide bonds. The van der Waals surface area contributed by atoms with Crippen LogP contribution in [0, 0.1) is 11.3 Å². The Balaban J connectivity index is 3.31. The second-order valence-electron chi connectivity index (χ2n) is 2.85. The number of carbonyl (C=O) groups is 1. The lowest BCUT2D eigenvalue weighted by Crippen LogP contribution is -2.05. The van der Waals surface area contributed by atoms with E-state index in [1.54, 1.807) is 18.2 Å². The molecule has 0 heterocycles. The van der Waals surface area contributed by atoms with Gasteiger partial charge in [0.15, 0.2) is 5.78 Å². The van der Waals surface area contributed by atoms with Crippen molar-refractivity contribution in [3.8, 4) is 6.07 Å². The first-order valence-electron chi connectivity index (χ1n) is 4.35. The Hall–Kier alpha value is -1.14. The molecule has 3 heteroatoms. The SMILES string of the molecule is CCc1c(C#N)cccc1C(=O)CBr. The van der Waals surface area contributed by atoms with Crippen molar-refractivity contribution in [1.29, 1.82) is 5.26 Å². The van der Waals surface area contributed by atoms with Crippen LogP contribution in [0.5, 0.6) is 0 Å². The number of ketones is 1. The fraction of sp³-hybridized carbons (Fsp3) is 0.273. The van der Waals surface area contributed by atoms with E-state index in [-0.39, 0.29) is 5.78 Å². The van der Waals surface area contributed by atoms with Crippen molar-refractivity contribution in [2.24, 2.45) is 0 Å². The first-order chi connectivity index (χ1) is 6.74. The van der Waals surface area contributed by atoms with Crippen molar-refractivity contribution >= 4 is 21.7 Å². The highest BCUT2D eigenvalue weighted by atomic mass is 79.9. The number of nitrogens with zero attached hydrogens (tertiary/aromatic N) is 1. The van der Waals surface area contributed by atoms with Crippen molar-refractivity contribution in [2.75, 3.05) is 5.33 Å². The van der Waals surface area contributed by atoms with Gasteiger partial charge in [0.25, 0.3) is 0 Å². The molecule has 2 nitrogen and oxygen atoms in total. The number of benzene rings is 1. The molecule has 0 bridgehead atoms. The Morgan fingerprint density at radius 3 is 2.79 bits per heavy atom. The lowest BCUT2D eigenvalue weighted by atomic mass is 9.97. The van der Waals surface area contributed by atoms with Gasteiger partial charge in [-0.2, -0.15) is 5.26 Å².